The van der Waals surface area contributed by atoms with E-state index in [2.05, 4.69) is 15.5 Å². The molecule has 2 N–H and O–H groups in total. The number of hydrogen-bond donors (Lipinski definition) is 2. The normalized spacial score (nSPS) is 12.2. The van der Waals surface area contributed by atoms with E-state index in [4.69, 9.17) is 0 Å². The summed E-state index contributed by atoms with van der Waals surface area (Å²) in [5.41, 5.74) is 1.62. The van der Waals surface area contributed by atoms with E-state index in [-0.39, 0.29) is 11.7 Å². The Hall–Kier alpha value is -2.17. The van der Waals surface area contributed by atoms with Gasteiger partial charge in [-0.05, 0) is 19.9 Å². The van der Waals surface area contributed by atoms with Crippen LogP contribution in [0.4, 0.5) is 4.39 Å². The summed E-state index contributed by atoms with van der Waals surface area (Å²) < 4.78 is 13.5. The Kier molecular flexibility index (Phi) is 3.41. The zero-order chi connectivity index (χ0) is 13.1. The Labute approximate surface area is 104 Å². The third-order valence-electron chi connectivity index (χ3n) is 2.79. The van der Waals surface area contributed by atoms with Crippen molar-refractivity contribution in [1.29, 1.82) is 0 Å². The molecule has 18 heavy (non-hydrogen) atoms. The lowest BCUT2D eigenvalue weighted by Gasteiger charge is -2.14. The van der Waals surface area contributed by atoms with Crippen LogP contribution in [-0.4, -0.2) is 16.1 Å². The van der Waals surface area contributed by atoms with Gasteiger partial charge in [0, 0.05) is 11.3 Å². The van der Waals surface area contributed by atoms with Crippen LogP contribution in [0.3, 0.4) is 0 Å². The molecule has 1 heterocycles. The van der Waals surface area contributed by atoms with E-state index in [9.17, 15) is 9.18 Å². The summed E-state index contributed by atoms with van der Waals surface area (Å²) in [7, 11) is 0. The Morgan fingerprint density at radius 1 is 1.44 bits per heavy atom. The van der Waals surface area contributed by atoms with Crippen LogP contribution in [0, 0.1) is 12.7 Å². The molecule has 1 atom stereocenters. The van der Waals surface area contributed by atoms with E-state index in [0.717, 1.165) is 0 Å². The molecule has 1 aromatic heterocycles. The van der Waals surface area contributed by atoms with Crippen LogP contribution < -0.4 is 5.32 Å². The molecule has 2 aromatic rings. The Balaban J connectivity index is 2.13. The van der Waals surface area contributed by atoms with Gasteiger partial charge in [-0.2, -0.15) is 5.10 Å². The number of hydrogen-bond acceptors (Lipinski definition) is 2. The highest BCUT2D eigenvalue weighted by atomic mass is 19.1. The number of carbonyl (C=O) groups excluding carboxylic acids is 1. The summed E-state index contributed by atoms with van der Waals surface area (Å²) in [4.78, 5) is 11.9. The zero-order valence-corrected chi connectivity index (χ0v) is 10.2. The number of halogens is 1. The lowest BCUT2D eigenvalue weighted by Crippen LogP contribution is -2.27. The van der Waals surface area contributed by atoms with Gasteiger partial charge in [0.05, 0.1) is 17.8 Å². The van der Waals surface area contributed by atoms with E-state index < -0.39 is 6.04 Å². The topological polar surface area (TPSA) is 57.8 Å². The van der Waals surface area contributed by atoms with Crippen molar-refractivity contribution < 1.29 is 9.18 Å². The lowest BCUT2D eigenvalue weighted by atomic mass is 10.1. The molecule has 94 valence electrons. The van der Waals surface area contributed by atoms with Crippen molar-refractivity contribution in [1.82, 2.24) is 15.5 Å². The number of H-pyrrole nitrogens is 1. The fourth-order valence-electron chi connectivity index (χ4n) is 1.76. The number of nitrogens with one attached hydrogen (secondary N) is 2. The summed E-state index contributed by atoms with van der Waals surface area (Å²) in [5.74, 6) is -0.591. The third kappa shape index (κ3) is 2.40. The van der Waals surface area contributed by atoms with Crippen molar-refractivity contribution in [3.05, 3.63) is 53.1 Å². The molecule has 0 radical (unpaired) electrons. The van der Waals surface area contributed by atoms with Crippen LogP contribution >= 0.6 is 0 Å². The smallest absolute Gasteiger partial charge is 0.255 e. The van der Waals surface area contributed by atoms with Crippen LogP contribution in [0.2, 0.25) is 0 Å². The molecule has 0 aliphatic heterocycles. The second kappa shape index (κ2) is 5.00. The van der Waals surface area contributed by atoms with Crippen molar-refractivity contribution in [2.24, 2.45) is 0 Å². The summed E-state index contributed by atoms with van der Waals surface area (Å²) in [6.07, 6.45) is 1.46. The van der Waals surface area contributed by atoms with Crippen LogP contribution in [0.15, 0.2) is 30.5 Å². The number of carbonyl (C=O) groups is 1. The van der Waals surface area contributed by atoms with Gasteiger partial charge in [-0.3, -0.25) is 9.89 Å². The summed E-state index contributed by atoms with van der Waals surface area (Å²) in [6, 6.07) is 5.99. The number of amides is 1. The number of nitrogens with zero attached hydrogens (tertiary/aromatic N) is 1. The van der Waals surface area contributed by atoms with Crippen LogP contribution in [0.25, 0.3) is 0 Å². The molecular formula is C13H14FN3O. The molecule has 0 spiro atoms. The predicted octanol–water partition coefficient (Wildman–Crippen LogP) is 2.35. The first-order chi connectivity index (χ1) is 8.59. The van der Waals surface area contributed by atoms with Gasteiger partial charge >= 0.3 is 0 Å². The Morgan fingerprint density at radius 2 is 2.17 bits per heavy atom. The molecule has 2 rings (SSSR count). The largest absolute Gasteiger partial charge is 0.345 e. The maximum Gasteiger partial charge on any atom is 0.255 e. The summed E-state index contributed by atoms with van der Waals surface area (Å²) >= 11 is 0. The molecule has 0 saturated carbocycles. The minimum absolute atomic E-state index is 0.267. The molecule has 0 aliphatic carbocycles. The van der Waals surface area contributed by atoms with E-state index in [0.29, 0.717) is 16.8 Å². The standard InChI is InChI=1S/C13H14FN3O/c1-8(10-5-3-4-6-12(10)14)16-13(18)11-7-15-17-9(11)2/h3-8H,1-2H3,(H,15,17)(H,16,18). The molecular weight excluding hydrogens is 233 g/mol. The van der Waals surface area contributed by atoms with Gasteiger partial charge in [-0.25, -0.2) is 4.39 Å². The SMILES string of the molecule is Cc1[nH]ncc1C(=O)NC(C)c1ccccc1F. The molecule has 1 aromatic carbocycles. The van der Waals surface area contributed by atoms with E-state index >= 15 is 0 Å². The van der Waals surface area contributed by atoms with Crippen molar-refractivity contribution in [2.45, 2.75) is 19.9 Å². The monoisotopic (exact) mass is 247 g/mol. The molecule has 1 unspecified atom stereocenters. The van der Waals surface area contributed by atoms with Crippen molar-refractivity contribution in [3.63, 3.8) is 0 Å². The number of benzene rings is 1. The maximum absolute atomic E-state index is 13.5. The molecule has 4 nitrogen and oxygen atoms in total. The first-order valence-electron chi connectivity index (χ1n) is 5.65. The number of aromatic nitrogens is 2. The van der Waals surface area contributed by atoms with E-state index in [1.54, 1.807) is 32.0 Å². The molecule has 0 fully saturated rings. The third-order valence-corrected chi connectivity index (χ3v) is 2.79. The summed E-state index contributed by atoms with van der Waals surface area (Å²) in [5, 5.41) is 9.21. The minimum Gasteiger partial charge on any atom is -0.345 e. The fourth-order valence-corrected chi connectivity index (χ4v) is 1.76. The Morgan fingerprint density at radius 3 is 2.78 bits per heavy atom. The number of rotatable bonds is 3. The highest BCUT2D eigenvalue weighted by Gasteiger charge is 2.16. The number of aryl methyl sites for hydroxylation is 1. The average Bonchev–Trinajstić information content (AvgIpc) is 2.76. The van der Waals surface area contributed by atoms with Gasteiger partial charge in [-0.15, -0.1) is 0 Å². The molecule has 0 aliphatic rings. The van der Waals surface area contributed by atoms with Gasteiger partial charge in [0.25, 0.3) is 5.91 Å². The van der Waals surface area contributed by atoms with Gasteiger partial charge in [0.2, 0.25) is 0 Å². The Bertz CT molecular complexity index is 565. The summed E-state index contributed by atoms with van der Waals surface area (Å²) in [6.45, 7) is 3.50. The van der Waals surface area contributed by atoms with Crippen molar-refractivity contribution in [3.8, 4) is 0 Å². The van der Waals surface area contributed by atoms with E-state index in [1.165, 1.54) is 12.3 Å². The van der Waals surface area contributed by atoms with Crippen LogP contribution in [-0.2, 0) is 0 Å². The minimum atomic E-state index is -0.395. The van der Waals surface area contributed by atoms with Crippen molar-refractivity contribution >= 4 is 5.91 Å². The predicted molar refractivity (Wildman–Crippen MR) is 65.6 cm³/mol. The van der Waals surface area contributed by atoms with E-state index in [1.807, 2.05) is 0 Å². The highest BCUT2D eigenvalue weighted by molar-refractivity contribution is 5.95. The van der Waals surface area contributed by atoms with Gasteiger partial charge in [0.15, 0.2) is 0 Å². The molecule has 5 heteroatoms. The fraction of sp³-hybridized carbons (Fsp3) is 0.231. The van der Waals surface area contributed by atoms with Gasteiger partial charge in [0.1, 0.15) is 5.82 Å². The number of aromatic amines is 1. The van der Waals surface area contributed by atoms with Gasteiger partial charge in [-0.1, -0.05) is 18.2 Å². The molecule has 0 bridgehead atoms. The first-order valence-corrected chi connectivity index (χ1v) is 5.65. The zero-order valence-electron chi connectivity index (χ0n) is 10.2. The highest BCUT2D eigenvalue weighted by Crippen LogP contribution is 2.16. The average molecular weight is 247 g/mol. The van der Waals surface area contributed by atoms with Crippen molar-refractivity contribution in [2.75, 3.05) is 0 Å². The lowest BCUT2D eigenvalue weighted by molar-refractivity contribution is 0.0939. The van der Waals surface area contributed by atoms with Gasteiger partial charge < -0.3 is 5.32 Å². The quantitative estimate of drug-likeness (QED) is 0.874. The second-order valence-corrected chi connectivity index (χ2v) is 4.13. The maximum atomic E-state index is 13.5. The first kappa shape index (κ1) is 12.3. The van der Waals surface area contributed by atoms with Crippen LogP contribution in [0.5, 0.6) is 0 Å². The molecule has 0 saturated heterocycles. The molecule has 1 amide bonds. The second-order valence-electron chi connectivity index (χ2n) is 4.13. The van der Waals surface area contributed by atoms with Crippen LogP contribution in [0.1, 0.15) is 34.6 Å².